The second kappa shape index (κ2) is 8.10. The molecule has 0 unspecified atom stereocenters. The van der Waals surface area contributed by atoms with Crippen molar-refractivity contribution in [2.75, 3.05) is 11.1 Å². The summed E-state index contributed by atoms with van der Waals surface area (Å²) in [7, 11) is 0. The summed E-state index contributed by atoms with van der Waals surface area (Å²) in [5, 5.41) is 12.4. The Labute approximate surface area is 162 Å². The summed E-state index contributed by atoms with van der Waals surface area (Å²) in [5.41, 5.74) is 1.28. The summed E-state index contributed by atoms with van der Waals surface area (Å²) >= 11 is 18.8. The minimum absolute atomic E-state index is 0.104. The number of aromatic nitrogens is 2. The van der Waals surface area contributed by atoms with Crippen molar-refractivity contribution >= 4 is 58.2 Å². The molecule has 3 rings (SSSR count). The van der Waals surface area contributed by atoms with E-state index in [9.17, 15) is 4.79 Å². The highest BCUT2D eigenvalue weighted by atomic mass is 35.5. The minimum atomic E-state index is -0.241. The number of hydrogen-bond acceptors (Lipinski definition) is 5. The number of amides is 1. The molecule has 1 heterocycles. The number of thioether (sulfide) groups is 1. The van der Waals surface area contributed by atoms with Crippen LogP contribution in [0.3, 0.4) is 0 Å². The van der Waals surface area contributed by atoms with Crippen LogP contribution >= 0.6 is 46.6 Å². The zero-order chi connectivity index (χ0) is 17.8. The largest absolute Gasteiger partial charge is 0.411 e. The number of hydrogen-bond donors (Lipinski definition) is 1. The number of carbonyl (C=O) groups is 1. The van der Waals surface area contributed by atoms with E-state index >= 15 is 0 Å². The monoisotopic (exact) mass is 413 g/mol. The first-order valence-electron chi connectivity index (χ1n) is 6.98. The van der Waals surface area contributed by atoms with Crippen molar-refractivity contribution in [2.24, 2.45) is 0 Å². The predicted molar refractivity (Wildman–Crippen MR) is 101 cm³/mol. The number of rotatable bonds is 5. The summed E-state index contributed by atoms with van der Waals surface area (Å²) in [5.74, 6) is 0.225. The molecule has 1 N–H and O–H groups in total. The zero-order valence-electron chi connectivity index (χ0n) is 12.5. The molecular weight excluding hydrogens is 405 g/mol. The minimum Gasteiger partial charge on any atom is -0.411 e. The van der Waals surface area contributed by atoms with Gasteiger partial charge in [-0.25, -0.2) is 0 Å². The Balaban J connectivity index is 1.58. The van der Waals surface area contributed by atoms with Crippen molar-refractivity contribution < 1.29 is 9.21 Å². The Morgan fingerprint density at radius 3 is 2.36 bits per heavy atom. The molecule has 2 aromatic carbocycles. The Hall–Kier alpha value is -1.73. The van der Waals surface area contributed by atoms with Crippen LogP contribution in [-0.2, 0) is 4.79 Å². The van der Waals surface area contributed by atoms with Crippen LogP contribution in [0.1, 0.15) is 0 Å². The molecule has 5 nitrogen and oxygen atoms in total. The van der Waals surface area contributed by atoms with E-state index in [1.807, 2.05) is 0 Å². The number of halogens is 3. The van der Waals surface area contributed by atoms with Gasteiger partial charge in [0.05, 0.1) is 5.75 Å². The quantitative estimate of drug-likeness (QED) is 0.564. The molecule has 0 aliphatic carbocycles. The van der Waals surface area contributed by atoms with Gasteiger partial charge in [0.15, 0.2) is 0 Å². The Bertz CT molecular complexity index is 880. The topological polar surface area (TPSA) is 68.0 Å². The highest BCUT2D eigenvalue weighted by Crippen LogP contribution is 2.25. The average molecular weight is 415 g/mol. The first kappa shape index (κ1) is 18.1. The van der Waals surface area contributed by atoms with Crippen LogP contribution in [0.15, 0.2) is 52.1 Å². The molecule has 0 fully saturated rings. The van der Waals surface area contributed by atoms with Gasteiger partial charge in [-0.15, -0.1) is 10.2 Å². The van der Waals surface area contributed by atoms with Crippen LogP contribution < -0.4 is 5.32 Å². The SMILES string of the molecule is O=C(CSc1nnc(-c2ccc(Cl)cc2)o1)Nc1cc(Cl)cc(Cl)c1. The summed E-state index contributed by atoms with van der Waals surface area (Å²) in [6.45, 7) is 0. The highest BCUT2D eigenvalue weighted by Gasteiger charge is 2.12. The van der Waals surface area contributed by atoms with Gasteiger partial charge in [0, 0.05) is 26.3 Å². The molecule has 1 aromatic heterocycles. The smallest absolute Gasteiger partial charge is 0.277 e. The molecule has 3 aromatic rings. The summed E-state index contributed by atoms with van der Waals surface area (Å²) in [4.78, 5) is 12.0. The molecular formula is C16H10Cl3N3O2S. The maximum absolute atomic E-state index is 12.0. The van der Waals surface area contributed by atoms with E-state index in [2.05, 4.69) is 15.5 Å². The number of anilines is 1. The first-order chi connectivity index (χ1) is 12.0. The third-order valence-corrected chi connectivity index (χ3v) is 4.48. The number of benzene rings is 2. The average Bonchev–Trinajstić information content (AvgIpc) is 3.01. The van der Waals surface area contributed by atoms with Gasteiger partial charge in [-0.2, -0.15) is 0 Å². The summed E-state index contributed by atoms with van der Waals surface area (Å²) in [6, 6.07) is 11.8. The van der Waals surface area contributed by atoms with E-state index in [1.165, 1.54) is 0 Å². The molecule has 128 valence electrons. The lowest BCUT2D eigenvalue weighted by Crippen LogP contribution is -2.13. The van der Waals surface area contributed by atoms with Gasteiger partial charge in [0.25, 0.3) is 5.22 Å². The Morgan fingerprint density at radius 1 is 1.00 bits per heavy atom. The molecule has 1 amide bonds. The van der Waals surface area contributed by atoms with Gasteiger partial charge in [0.1, 0.15) is 0 Å². The predicted octanol–water partition coefficient (Wildman–Crippen LogP) is 5.43. The normalized spacial score (nSPS) is 10.7. The molecule has 0 atom stereocenters. The van der Waals surface area contributed by atoms with Crippen LogP contribution in [0, 0.1) is 0 Å². The van der Waals surface area contributed by atoms with Crippen molar-refractivity contribution in [3.05, 3.63) is 57.5 Å². The molecule has 0 aliphatic heterocycles. The maximum atomic E-state index is 12.0. The fraction of sp³-hybridized carbons (Fsp3) is 0.0625. The third-order valence-electron chi connectivity index (χ3n) is 2.97. The first-order valence-corrected chi connectivity index (χ1v) is 9.10. The fourth-order valence-corrected chi connectivity index (χ4v) is 3.14. The lowest BCUT2D eigenvalue weighted by molar-refractivity contribution is -0.113. The van der Waals surface area contributed by atoms with Gasteiger partial charge in [-0.05, 0) is 42.5 Å². The number of nitrogens with zero attached hydrogens (tertiary/aromatic N) is 2. The van der Waals surface area contributed by atoms with E-state index in [-0.39, 0.29) is 11.7 Å². The van der Waals surface area contributed by atoms with Crippen LogP contribution in [0.4, 0.5) is 5.69 Å². The zero-order valence-corrected chi connectivity index (χ0v) is 15.6. The van der Waals surface area contributed by atoms with Gasteiger partial charge < -0.3 is 9.73 Å². The van der Waals surface area contributed by atoms with Crippen molar-refractivity contribution in [3.63, 3.8) is 0 Å². The van der Waals surface area contributed by atoms with Crippen molar-refractivity contribution in [3.8, 4) is 11.5 Å². The van der Waals surface area contributed by atoms with E-state index in [0.29, 0.717) is 31.9 Å². The van der Waals surface area contributed by atoms with Gasteiger partial charge >= 0.3 is 0 Å². The summed E-state index contributed by atoms with van der Waals surface area (Å²) < 4.78 is 5.52. The number of nitrogens with one attached hydrogen (secondary N) is 1. The van der Waals surface area contributed by atoms with Crippen molar-refractivity contribution in [2.45, 2.75) is 5.22 Å². The number of carbonyl (C=O) groups excluding carboxylic acids is 1. The highest BCUT2D eigenvalue weighted by molar-refractivity contribution is 7.99. The second-order valence-electron chi connectivity index (χ2n) is 4.87. The van der Waals surface area contributed by atoms with E-state index in [4.69, 9.17) is 39.2 Å². The summed E-state index contributed by atoms with van der Waals surface area (Å²) in [6.07, 6.45) is 0. The lowest BCUT2D eigenvalue weighted by Gasteiger charge is -2.05. The van der Waals surface area contributed by atoms with Gasteiger partial charge in [-0.1, -0.05) is 46.6 Å². The van der Waals surface area contributed by atoms with Crippen LogP contribution in [0.5, 0.6) is 0 Å². The maximum Gasteiger partial charge on any atom is 0.277 e. The molecule has 0 saturated heterocycles. The molecule has 9 heteroatoms. The van der Waals surface area contributed by atoms with Crippen LogP contribution in [0.25, 0.3) is 11.5 Å². The molecule has 0 radical (unpaired) electrons. The van der Waals surface area contributed by atoms with Crippen LogP contribution in [0.2, 0.25) is 15.1 Å². The fourth-order valence-electron chi connectivity index (χ4n) is 1.93. The Kier molecular flexibility index (Phi) is 5.86. The standard InChI is InChI=1S/C16H10Cl3N3O2S/c17-10-3-1-9(2-4-10)15-21-22-16(24-15)25-8-14(23)20-13-6-11(18)5-12(19)7-13/h1-7H,8H2,(H,20,23). The molecule has 0 spiro atoms. The molecule has 0 aliphatic rings. The van der Waals surface area contributed by atoms with Crippen LogP contribution in [-0.4, -0.2) is 21.9 Å². The van der Waals surface area contributed by atoms with E-state index in [1.54, 1.807) is 42.5 Å². The van der Waals surface area contributed by atoms with Crippen molar-refractivity contribution in [1.29, 1.82) is 0 Å². The molecule has 0 saturated carbocycles. The van der Waals surface area contributed by atoms with E-state index in [0.717, 1.165) is 17.3 Å². The third kappa shape index (κ3) is 5.12. The van der Waals surface area contributed by atoms with Gasteiger partial charge in [-0.3, -0.25) is 4.79 Å². The van der Waals surface area contributed by atoms with Gasteiger partial charge in [0.2, 0.25) is 11.8 Å². The second-order valence-corrected chi connectivity index (χ2v) is 7.11. The Morgan fingerprint density at radius 2 is 1.68 bits per heavy atom. The lowest BCUT2D eigenvalue weighted by atomic mass is 10.2. The molecule has 0 bridgehead atoms. The van der Waals surface area contributed by atoms with E-state index < -0.39 is 0 Å². The molecule has 25 heavy (non-hydrogen) atoms. The van der Waals surface area contributed by atoms with Crippen molar-refractivity contribution in [1.82, 2.24) is 10.2 Å².